The van der Waals surface area contributed by atoms with Crippen LogP contribution in [0.1, 0.15) is 19.3 Å². The predicted octanol–water partition coefficient (Wildman–Crippen LogP) is 0.684. The molecule has 0 aromatic heterocycles. The van der Waals surface area contributed by atoms with Crippen LogP contribution in [0.4, 0.5) is 4.39 Å². The molecule has 0 saturated heterocycles. The van der Waals surface area contributed by atoms with Gasteiger partial charge in [-0.05, 0) is 37.0 Å². The fourth-order valence-corrected chi connectivity index (χ4v) is 1.72. The molecule has 2 N–H and O–H groups in total. The number of hydrogen-bond acceptors (Lipinski definition) is 3. The lowest BCUT2D eigenvalue weighted by Crippen LogP contribution is -2.32. The Bertz CT molecular complexity index is 366. The van der Waals surface area contributed by atoms with E-state index in [4.69, 9.17) is 14.8 Å². The highest BCUT2D eigenvalue weighted by atomic mass is 19.1. The molecular weight excluding hydrogens is 210 g/mol. The van der Waals surface area contributed by atoms with Crippen molar-refractivity contribution in [3.05, 3.63) is 24.0 Å². The number of ether oxygens (including phenoxy) is 1. The monoisotopic (exact) mass is 224 g/mol. The second kappa shape index (κ2) is 4.85. The predicted molar refractivity (Wildman–Crippen MR) is 59.1 cm³/mol. The SMILES string of the molecule is OB(O)c1cc(F)ccc1OCC1CCC1. The van der Waals surface area contributed by atoms with E-state index in [0.717, 1.165) is 18.9 Å². The minimum absolute atomic E-state index is 0.0827. The quantitative estimate of drug-likeness (QED) is 0.739. The highest BCUT2D eigenvalue weighted by Crippen LogP contribution is 2.26. The fourth-order valence-electron chi connectivity index (χ4n) is 1.72. The first-order valence-corrected chi connectivity index (χ1v) is 5.45. The molecular formula is C11H14BFO3. The molecule has 16 heavy (non-hydrogen) atoms. The molecule has 1 aliphatic rings. The minimum Gasteiger partial charge on any atom is -0.494 e. The molecule has 1 fully saturated rings. The summed E-state index contributed by atoms with van der Waals surface area (Å²) < 4.78 is 18.4. The van der Waals surface area contributed by atoms with Gasteiger partial charge in [0.2, 0.25) is 0 Å². The molecule has 0 atom stereocenters. The van der Waals surface area contributed by atoms with Crippen LogP contribution in [-0.2, 0) is 0 Å². The third-order valence-corrected chi connectivity index (χ3v) is 2.95. The van der Waals surface area contributed by atoms with Gasteiger partial charge in [0, 0.05) is 5.46 Å². The van der Waals surface area contributed by atoms with Crippen molar-refractivity contribution in [1.82, 2.24) is 0 Å². The van der Waals surface area contributed by atoms with E-state index in [9.17, 15) is 4.39 Å². The van der Waals surface area contributed by atoms with Crippen molar-refractivity contribution >= 4 is 12.6 Å². The molecule has 0 radical (unpaired) electrons. The van der Waals surface area contributed by atoms with E-state index in [2.05, 4.69) is 0 Å². The Morgan fingerprint density at radius 2 is 2.12 bits per heavy atom. The zero-order valence-corrected chi connectivity index (χ0v) is 8.90. The van der Waals surface area contributed by atoms with Crippen molar-refractivity contribution in [3.63, 3.8) is 0 Å². The molecule has 2 rings (SSSR count). The number of halogens is 1. The van der Waals surface area contributed by atoms with Crippen LogP contribution in [-0.4, -0.2) is 23.8 Å². The highest BCUT2D eigenvalue weighted by Gasteiger charge is 2.21. The first-order valence-electron chi connectivity index (χ1n) is 5.45. The van der Waals surface area contributed by atoms with Crippen molar-refractivity contribution in [2.75, 3.05) is 6.61 Å². The minimum atomic E-state index is -1.70. The summed E-state index contributed by atoms with van der Waals surface area (Å²) in [4.78, 5) is 0. The molecule has 1 aromatic rings. The molecule has 0 unspecified atom stereocenters. The maximum absolute atomic E-state index is 12.9. The van der Waals surface area contributed by atoms with Crippen LogP contribution in [0.15, 0.2) is 18.2 Å². The van der Waals surface area contributed by atoms with Crippen molar-refractivity contribution in [1.29, 1.82) is 0 Å². The Hall–Kier alpha value is -1.07. The van der Waals surface area contributed by atoms with Gasteiger partial charge in [-0.3, -0.25) is 0 Å². The number of rotatable bonds is 4. The summed E-state index contributed by atoms with van der Waals surface area (Å²) in [6.07, 6.45) is 3.53. The standard InChI is InChI=1S/C11H14BFO3/c13-9-4-5-11(10(6-9)12(14)15)16-7-8-2-1-3-8/h4-6,8,14-15H,1-3,7H2. The van der Waals surface area contributed by atoms with Gasteiger partial charge in [-0.1, -0.05) is 6.42 Å². The van der Waals surface area contributed by atoms with Crippen LogP contribution in [0, 0.1) is 11.7 Å². The Balaban J connectivity index is 2.05. The van der Waals surface area contributed by atoms with E-state index >= 15 is 0 Å². The van der Waals surface area contributed by atoms with Crippen LogP contribution in [0.25, 0.3) is 0 Å². The zero-order chi connectivity index (χ0) is 11.5. The topological polar surface area (TPSA) is 49.7 Å². The molecule has 0 bridgehead atoms. The van der Waals surface area contributed by atoms with E-state index < -0.39 is 12.9 Å². The van der Waals surface area contributed by atoms with Crippen molar-refractivity contribution in [2.45, 2.75) is 19.3 Å². The molecule has 0 heterocycles. The average molecular weight is 224 g/mol. The lowest BCUT2D eigenvalue weighted by atomic mass is 9.79. The Kier molecular flexibility index (Phi) is 3.46. The van der Waals surface area contributed by atoms with Crippen molar-refractivity contribution in [3.8, 4) is 5.75 Å². The fraction of sp³-hybridized carbons (Fsp3) is 0.455. The molecule has 1 aliphatic carbocycles. The number of benzene rings is 1. The second-order valence-corrected chi connectivity index (χ2v) is 4.16. The molecule has 86 valence electrons. The van der Waals surface area contributed by atoms with E-state index in [1.807, 2.05) is 0 Å². The molecule has 0 aliphatic heterocycles. The van der Waals surface area contributed by atoms with Gasteiger partial charge in [-0.25, -0.2) is 4.39 Å². The first-order chi connectivity index (χ1) is 7.66. The van der Waals surface area contributed by atoms with Gasteiger partial charge < -0.3 is 14.8 Å². The lowest BCUT2D eigenvalue weighted by molar-refractivity contribution is 0.181. The van der Waals surface area contributed by atoms with Crippen LogP contribution in [0.2, 0.25) is 0 Å². The van der Waals surface area contributed by atoms with Gasteiger partial charge in [0.25, 0.3) is 0 Å². The molecule has 3 nitrogen and oxygen atoms in total. The summed E-state index contributed by atoms with van der Waals surface area (Å²) in [7, 11) is -1.70. The van der Waals surface area contributed by atoms with Gasteiger partial charge in [0.15, 0.2) is 0 Å². The molecule has 1 aromatic carbocycles. The summed E-state index contributed by atoms with van der Waals surface area (Å²) in [6.45, 7) is 0.561. The van der Waals surface area contributed by atoms with Gasteiger partial charge in [0.05, 0.1) is 6.61 Å². The zero-order valence-electron chi connectivity index (χ0n) is 8.90. The smallest absolute Gasteiger partial charge is 0.492 e. The van der Waals surface area contributed by atoms with Gasteiger partial charge in [-0.15, -0.1) is 0 Å². The Morgan fingerprint density at radius 3 is 2.69 bits per heavy atom. The van der Waals surface area contributed by atoms with Gasteiger partial charge in [-0.2, -0.15) is 0 Å². The van der Waals surface area contributed by atoms with Crippen molar-refractivity contribution < 1.29 is 19.2 Å². The van der Waals surface area contributed by atoms with Crippen LogP contribution < -0.4 is 10.2 Å². The Morgan fingerprint density at radius 1 is 1.38 bits per heavy atom. The normalized spacial score (nSPS) is 15.7. The summed E-state index contributed by atoms with van der Waals surface area (Å²) in [5.74, 6) is 0.399. The molecule has 0 amide bonds. The van der Waals surface area contributed by atoms with E-state index in [1.54, 1.807) is 0 Å². The highest BCUT2D eigenvalue weighted by molar-refractivity contribution is 6.59. The van der Waals surface area contributed by atoms with Gasteiger partial charge in [0.1, 0.15) is 11.6 Å². The van der Waals surface area contributed by atoms with Crippen LogP contribution in [0.5, 0.6) is 5.75 Å². The third-order valence-electron chi connectivity index (χ3n) is 2.95. The molecule has 5 heteroatoms. The number of hydrogen-bond donors (Lipinski definition) is 2. The van der Waals surface area contributed by atoms with Crippen LogP contribution >= 0.6 is 0 Å². The average Bonchev–Trinajstić information content (AvgIpc) is 2.17. The molecule has 0 spiro atoms. The van der Waals surface area contributed by atoms with E-state index in [1.165, 1.54) is 18.6 Å². The summed E-state index contributed by atoms with van der Waals surface area (Å²) in [5.41, 5.74) is 0.0827. The second-order valence-electron chi connectivity index (χ2n) is 4.16. The van der Waals surface area contributed by atoms with Crippen molar-refractivity contribution in [2.24, 2.45) is 5.92 Å². The van der Waals surface area contributed by atoms with E-state index in [-0.39, 0.29) is 5.46 Å². The molecule has 1 saturated carbocycles. The van der Waals surface area contributed by atoms with E-state index in [0.29, 0.717) is 18.3 Å². The summed E-state index contributed by atoms with van der Waals surface area (Å²) in [6, 6.07) is 3.77. The Labute approximate surface area is 94.0 Å². The van der Waals surface area contributed by atoms with Crippen LogP contribution in [0.3, 0.4) is 0 Å². The third kappa shape index (κ3) is 2.54. The largest absolute Gasteiger partial charge is 0.494 e. The van der Waals surface area contributed by atoms with Gasteiger partial charge >= 0.3 is 7.12 Å². The first kappa shape index (κ1) is 11.4. The lowest BCUT2D eigenvalue weighted by Gasteiger charge is -2.25. The summed E-state index contributed by atoms with van der Waals surface area (Å²) >= 11 is 0. The maximum Gasteiger partial charge on any atom is 0.492 e. The maximum atomic E-state index is 12.9. The summed E-state index contributed by atoms with van der Waals surface area (Å²) in [5, 5.41) is 18.1.